The van der Waals surface area contributed by atoms with Crippen LogP contribution in [0.15, 0.2) is 106 Å². The lowest BCUT2D eigenvalue weighted by molar-refractivity contribution is -0.382. The quantitative estimate of drug-likeness (QED) is 0.0239. The van der Waals surface area contributed by atoms with Gasteiger partial charge in [-0.25, -0.2) is 33.7 Å². The minimum Gasteiger partial charge on any atom is -0.743 e. The van der Waals surface area contributed by atoms with E-state index in [9.17, 15) is 195 Å². The third-order valence-corrected chi connectivity index (χ3v) is 35.4. The highest BCUT2D eigenvalue weighted by Crippen LogP contribution is 2.56. The molecule has 8 rings (SSSR count). The highest BCUT2D eigenvalue weighted by Gasteiger charge is 2.85. The first kappa shape index (κ1) is 136. The van der Waals surface area contributed by atoms with E-state index in [1.54, 1.807) is 0 Å². The number of phenolic OH excluding ortho intramolecular Hbond substituents is 1. The van der Waals surface area contributed by atoms with Crippen LogP contribution in [-0.2, 0) is 134 Å². The molecule has 4 aliphatic rings. The van der Waals surface area contributed by atoms with Gasteiger partial charge < -0.3 is 32.8 Å². The van der Waals surface area contributed by atoms with Crippen LogP contribution in [0.3, 0.4) is 0 Å². The molecular formula is C83H112F26O20S10+2. The summed E-state index contributed by atoms with van der Waals surface area (Å²) in [4.78, 5) is 60.6. The fourth-order valence-electron chi connectivity index (χ4n) is 11.1. The molecule has 20 nitrogen and oxygen atoms in total. The van der Waals surface area contributed by atoms with E-state index in [1.807, 2.05) is 71.9 Å². The van der Waals surface area contributed by atoms with Crippen LogP contribution in [0.1, 0.15) is 159 Å². The topological polar surface area (TPSA) is 353 Å². The lowest BCUT2D eigenvalue weighted by atomic mass is 9.87. The van der Waals surface area contributed by atoms with Gasteiger partial charge in [0.25, 0.3) is 0 Å². The molecule has 139 heavy (non-hydrogen) atoms. The van der Waals surface area contributed by atoms with Gasteiger partial charge >= 0.3 is 69.3 Å². The maximum Gasteiger partial charge on any atom is 0.460 e. The van der Waals surface area contributed by atoms with Crippen molar-refractivity contribution in [1.29, 1.82) is 0 Å². The standard InChI is InChI=1S/C22H22OS.C14H27OS.C10H19OS.C10H13OS.C8H15OS.C5H9OS.2C4HF9O3S.2C3H4F4O4S/c1-15-5-9-19(10-6-15)24(20-11-7-16(2)8-12-20)21-13-17(3)22(23)18(4)14-21;1-11(2)16(12(3)4)10-14(15)13-8-6-5-7-9-13;1-10(2,3)9(11)8-12-6-4-5-7-12;1-12(2)8-10(11)9-6-4-3-5-7-9;1-2-8(9)7-10-5-3-4-6-10;1-7-3-2-5(6)4-7;2*5-1(6,3(9,10)11)2(7,8)4(12,13)17(14,15)16;2*1-11-2(4,5)3(6,7)12(8,9)10/h5-14H,1-4H3;11-13H,5-10H2,1-4H3;4-8H2,1-3H3;3-7H,8H2,1-2H3;2-7H2,1H3;2-4H2,1H3;2*(H,14,15,16);2*1H3,(H,8,9,10)/q;5*+1;;;;/p-3. The summed E-state index contributed by atoms with van der Waals surface area (Å²) in [6.07, 6.45) is -5.42. The van der Waals surface area contributed by atoms with Gasteiger partial charge in [-0.15, -0.1) is 0 Å². The predicted molar refractivity (Wildman–Crippen MR) is 480 cm³/mol. The van der Waals surface area contributed by atoms with E-state index >= 15 is 0 Å². The van der Waals surface area contributed by atoms with Gasteiger partial charge in [-0.2, -0.15) is 114 Å². The van der Waals surface area contributed by atoms with Gasteiger partial charge in [0, 0.05) is 49.7 Å². The maximum atomic E-state index is 12.2. The molecule has 1 unspecified atom stereocenters. The average Bonchev–Trinajstić information content (AvgIpc) is 1.32. The summed E-state index contributed by atoms with van der Waals surface area (Å²) in [6.45, 7) is 25.2. The molecule has 3 heterocycles. The van der Waals surface area contributed by atoms with Crippen LogP contribution in [0, 0.1) is 39.0 Å². The number of carbonyl (C=O) groups is 5. The second kappa shape index (κ2) is 55.6. The smallest absolute Gasteiger partial charge is 0.460 e. The highest BCUT2D eigenvalue weighted by atomic mass is 32.2. The number of ketones is 5. The number of aryl methyl sites for hydroxylation is 4. The van der Waals surface area contributed by atoms with E-state index < -0.39 is 110 Å². The van der Waals surface area contributed by atoms with E-state index in [-0.39, 0.29) is 47.2 Å². The van der Waals surface area contributed by atoms with Crippen LogP contribution < -0.4 is 0 Å². The van der Waals surface area contributed by atoms with E-state index in [0.717, 1.165) is 71.1 Å². The van der Waals surface area contributed by atoms with Crippen molar-refractivity contribution in [2.45, 2.75) is 248 Å². The van der Waals surface area contributed by atoms with E-state index in [2.05, 4.69) is 130 Å². The Balaban J connectivity index is 0. The highest BCUT2D eigenvalue weighted by molar-refractivity contribution is 7.99. The van der Waals surface area contributed by atoms with Gasteiger partial charge in [0.05, 0.1) is 36.1 Å². The van der Waals surface area contributed by atoms with Gasteiger partial charge in [-0.3, -0.25) is 24.0 Å². The molecule has 0 radical (unpaired) electrons. The molecule has 0 spiro atoms. The lowest BCUT2D eigenvalue weighted by Crippen LogP contribution is -2.63. The lowest BCUT2D eigenvalue weighted by Gasteiger charge is -2.34. The van der Waals surface area contributed by atoms with Crippen LogP contribution in [0.5, 0.6) is 5.75 Å². The van der Waals surface area contributed by atoms with E-state index in [4.69, 9.17) is 0 Å². The number of aromatic hydroxyl groups is 1. The summed E-state index contributed by atoms with van der Waals surface area (Å²) in [5.41, 5.74) is 5.12. The van der Waals surface area contributed by atoms with E-state index in [0.29, 0.717) is 94.6 Å². The number of benzene rings is 4. The number of halogens is 26. The van der Waals surface area contributed by atoms with Crippen LogP contribution in [0.25, 0.3) is 0 Å². The Morgan fingerprint density at radius 1 is 0.468 bits per heavy atom. The van der Waals surface area contributed by atoms with Crippen LogP contribution in [0.2, 0.25) is 0 Å². The minimum absolute atomic E-state index is 0.115. The van der Waals surface area contributed by atoms with Crippen molar-refractivity contribution >= 4 is 135 Å². The third-order valence-electron chi connectivity index (χ3n) is 19.3. The zero-order valence-corrected chi connectivity index (χ0v) is 86.0. The SMILES string of the molecule is CC(C)(C)C(=O)C[S+]1CCCC1.CC(C)[S+](CC(=O)C1CCCCC1)C(C)C.CCC(=O)C[S+]1CCCC1.COC(F)(F)C(F)(F)S(=O)(=O)[O-].COC(F)(F)C(F)(F)S(=O)(=O)[O-].C[S+](C)CC(=O)c1ccccc1.C[S+]1CCC(=O)C1.Cc1ccc([S+](c2ccc(C)cc2)c2cc(C)c(O)c(C)c2)cc1.O=S(=O)([O-])C(F)(F)C(F)(F)C(F)(F)C(F)(F)F.O=S(=O)([O-])C(F)(F)C(F)(F)C(F)(F)C(F)(F)F. The van der Waals surface area contributed by atoms with Crippen LogP contribution >= 0.6 is 0 Å². The molecule has 4 aromatic carbocycles. The first-order chi connectivity index (χ1) is 62.4. The molecule has 0 bridgehead atoms. The Bertz CT molecular complexity index is 4770. The van der Waals surface area contributed by atoms with Crippen molar-refractivity contribution in [3.63, 3.8) is 0 Å². The number of hydrogen-bond acceptors (Lipinski definition) is 20. The Kier molecular flexibility index (Phi) is 54.4. The fourth-order valence-corrected chi connectivity index (χ4v) is 24.2. The van der Waals surface area contributed by atoms with E-state index in [1.165, 1.54) is 93.8 Å². The third kappa shape index (κ3) is 40.9. The summed E-state index contributed by atoms with van der Waals surface area (Å²) in [7, 11) is -25.7. The van der Waals surface area contributed by atoms with Gasteiger partial charge in [-0.1, -0.05) is 113 Å². The van der Waals surface area contributed by atoms with Crippen molar-refractivity contribution < 1.29 is 205 Å². The molecule has 1 saturated carbocycles. The second-order valence-electron chi connectivity index (χ2n) is 32.6. The van der Waals surface area contributed by atoms with Gasteiger partial charge in [0.15, 0.2) is 107 Å². The molecule has 0 amide bonds. The molecule has 804 valence electrons. The number of hydrogen-bond donors (Lipinski definition) is 1. The summed E-state index contributed by atoms with van der Waals surface area (Å²) in [6, 6.07) is 31.3. The monoisotopic (exact) mass is 2240 g/mol. The van der Waals surface area contributed by atoms with Crippen molar-refractivity contribution in [3.05, 3.63) is 119 Å². The fraction of sp³-hybridized carbons (Fsp3) is 0.651. The number of rotatable bonds is 28. The normalized spacial score (nSPS) is 16.2. The van der Waals surface area contributed by atoms with Gasteiger partial charge in [-0.05, 0) is 184 Å². The van der Waals surface area contributed by atoms with Crippen molar-refractivity contribution in [1.82, 2.24) is 0 Å². The molecule has 1 aliphatic carbocycles. The molecule has 56 heteroatoms. The minimum atomic E-state index is -7.43. The molecule has 3 aliphatic heterocycles. The zero-order chi connectivity index (χ0) is 110. The zero-order valence-electron chi connectivity index (χ0n) is 77.9. The predicted octanol–water partition coefficient (Wildman–Crippen LogP) is 19.3. The Morgan fingerprint density at radius 2 is 0.799 bits per heavy atom. The largest absolute Gasteiger partial charge is 0.743 e. The molecule has 4 fully saturated rings. The summed E-state index contributed by atoms with van der Waals surface area (Å²) in [5, 5.41) is -14.3. The molecule has 4 aromatic rings. The Morgan fingerprint density at radius 3 is 1.05 bits per heavy atom. The second-order valence-corrected chi connectivity index (χ2v) is 52.6. The number of alkyl halides is 26. The van der Waals surface area contributed by atoms with Gasteiger partial charge in [0.2, 0.25) is 5.78 Å². The number of phenols is 1. The number of methoxy groups -OCH3 is 2. The van der Waals surface area contributed by atoms with Gasteiger partial charge in [0.1, 0.15) is 45.0 Å². The summed E-state index contributed by atoms with van der Waals surface area (Å²) >= 11 is 0. The van der Waals surface area contributed by atoms with Crippen molar-refractivity contribution in [2.75, 3.05) is 90.5 Å². The van der Waals surface area contributed by atoms with Crippen LogP contribution in [-0.4, -0.2) is 256 Å². The molecular weight excluding hydrogens is 2130 g/mol. The summed E-state index contributed by atoms with van der Waals surface area (Å²) < 4.78 is 429. The Labute approximate surface area is 808 Å². The maximum absolute atomic E-state index is 12.2. The van der Waals surface area contributed by atoms with Crippen LogP contribution in [0.4, 0.5) is 114 Å². The Hall–Kier alpha value is -5.13. The molecule has 0 aromatic heterocycles. The first-order valence-electron chi connectivity index (χ1n) is 40.7. The molecule has 1 atom stereocenters. The molecule has 3 saturated heterocycles. The van der Waals surface area contributed by atoms with Crippen molar-refractivity contribution in [2.24, 2.45) is 11.3 Å². The number of carbonyl (C=O) groups excluding carboxylic acids is 5. The summed E-state index contributed by atoms with van der Waals surface area (Å²) in [5.74, 6) is -16.1. The average molecular weight is 2240 g/mol. The number of ether oxygens (including phenoxy) is 2. The number of Topliss-reactive ketones (excluding diaryl/α,β-unsaturated/α-hetero) is 5. The molecule has 1 N–H and O–H groups in total. The van der Waals surface area contributed by atoms with Crippen molar-refractivity contribution in [3.8, 4) is 5.75 Å². The first-order valence-corrected chi connectivity index (χ1v) is 56.7.